The van der Waals surface area contributed by atoms with E-state index in [1.807, 2.05) is 6.92 Å². The third kappa shape index (κ3) is 8.14. The van der Waals surface area contributed by atoms with Crippen LogP contribution in [0.4, 0.5) is 0 Å². The van der Waals surface area contributed by atoms with Crippen LogP contribution in [0, 0.1) is 17.3 Å². The highest BCUT2D eigenvalue weighted by molar-refractivity contribution is 5.72. The van der Waals surface area contributed by atoms with Crippen molar-refractivity contribution < 1.29 is 19.3 Å². The van der Waals surface area contributed by atoms with Crippen LogP contribution in [0.15, 0.2) is 0 Å². The van der Waals surface area contributed by atoms with Gasteiger partial charge in [-0.2, -0.15) is 9.78 Å². The molecule has 1 rings (SSSR count). The molecule has 1 aliphatic heterocycles. The molecule has 1 fully saturated rings. The van der Waals surface area contributed by atoms with Crippen LogP contribution < -0.4 is 0 Å². The van der Waals surface area contributed by atoms with Gasteiger partial charge in [-0.3, -0.25) is 4.79 Å². The van der Waals surface area contributed by atoms with Crippen LogP contribution in [0.5, 0.6) is 0 Å². The third-order valence-corrected chi connectivity index (χ3v) is 4.03. The average molecular weight is 314 g/mol. The van der Waals surface area contributed by atoms with Crippen LogP contribution in [0.1, 0.15) is 80.1 Å². The monoisotopic (exact) mass is 314 g/mol. The smallest absolute Gasteiger partial charge is 0.308 e. The topological polar surface area (TPSA) is 51.4 Å². The first-order chi connectivity index (χ1) is 10.2. The van der Waals surface area contributed by atoms with Crippen molar-refractivity contribution in [2.45, 2.75) is 85.9 Å². The molecule has 1 saturated heterocycles. The number of hydrogen-bond acceptors (Lipinski definition) is 4. The number of carbonyl (C=O) groups excluding carboxylic acids is 1. The Morgan fingerprint density at radius 3 is 2.36 bits per heavy atom. The van der Waals surface area contributed by atoms with Crippen molar-refractivity contribution in [2.75, 3.05) is 6.61 Å². The SMILES string of the molecule is CCCCC(CCC1(C)OO1)C(=O)OCC(C)CC(C)(C)C. The quantitative estimate of drug-likeness (QED) is 0.328. The maximum Gasteiger partial charge on any atom is 0.308 e. The lowest BCUT2D eigenvalue weighted by Gasteiger charge is -2.24. The van der Waals surface area contributed by atoms with Crippen LogP contribution in [0.3, 0.4) is 0 Å². The van der Waals surface area contributed by atoms with Gasteiger partial charge in [0, 0.05) is 6.42 Å². The molecule has 4 heteroatoms. The molecule has 1 aliphatic rings. The predicted molar refractivity (Wildman–Crippen MR) is 87.0 cm³/mol. The van der Waals surface area contributed by atoms with E-state index < -0.39 is 5.79 Å². The molecule has 0 radical (unpaired) electrons. The summed E-state index contributed by atoms with van der Waals surface area (Å²) in [6.45, 7) is 13.3. The lowest BCUT2D eigenvalue weighted by Crippen LogP contribution is -2.23. The average Bonchev–Trinajstić information content (AvgIpc) is 3.12. The van der Waals surface area contributed by atoms with Gasteiger partial charge in [-0.05, 0) is 37.5 Å². The summed E-state index contributed by atoms with van der Waals surface area (Å²) in [5, 5.41) is 0. The minimum Gasteiger partial charge on any atom is -0.465 e. The van der Waals surface area contributed by atoms with Gasteiger partial charge in [0.2, 0.25) is 5.79 Å². The summed E-state index contributed by atoms with van der Waals surface area (Å²) >= 11 is 0. The Bertz CT molecular complexity index is 341. The van der Waals surface area contributed by atoms with Crippen molar-refractivity contribution in [3.63, 3.8) is 0 Å². The largest absolute Gasteiger partial charge is 0.465 e. The lowest BCUT2D eigenvalue weighted by molar-refractivity contribution is -0.150. The van der Waals surface area contributed by atoms with Gasteiger partial charge < -0.3 is 4.74 Å². The number of rotatable bonds is 10. The molecular formula is C18H34O4. The molecule has 22 heavy (non-hydrogen) atoms. The minimum atomic E-state index is -0.468. The lowest BCUT2D eigenvalue weighted by atomic mass is 9.86. The van der Waals surface area contributed by atoms with Gasteiger partial charge in [0.15, 0.2) is 0 Å². The first-order valence-electron chi connectivity index (χ1n) is 8.69. The zero-order valence-electron chi connectivity index (χ0n) is 15.2. The van der Waals surface area contributed by atoms with Crippen molar-refractivity contribution >= 4 is 5.97 Å². The fourth-order valence-electron chi connectivity index (χ4n) is 2.87. The van der Waals surface area contributed by atoms with Crippen LogP contribution >= 0.6 is 0 Å². The van der Waals surface area contributed by atoms with Crippen LogP contribution in [0.25, 0.3) is 0 Å². The Hall–Kier alpha value is -0.610. The van der Waals surface area contributed by atoms with Gasteiger partial charge in [0.1, 0.15) is 0 Å². The summed E-state index contributed by atoms with van der Waals surface area (Å²) in [6.07, 6.45) is 5.60. The van der Waals surface area contributed by atoms with E-state index in [1.54, 1.807) is 0 Å². The Balaban J connectivity index is 2.37. The minimum absolute atomic E-state index is 0.0357. The highest BCUT2D eigenvalue weighted by Gasteiger charge is 2.43. The van der Waals surface area contributed by atoms with E-state index >= 15 is 0 Å². The van der Waals surface area contributed by atoms with E-state index in [9.17, 15) is 4.79 Å². The highest BCUT2D eigenvalue weighted by Crippen LogP contribution is 2.35. The van der Waals surface area contributed by atoms with E-state index in [0.29, 0.717) is 12.5 Å². The second-order valence-electron chi connectivity index (χ2n) is 8.18. The second-order valence-corrected chi connectivity index (χ2v) is 8.18. The highest BCUT2D eigenvalue weighted by atomic mass is 17.4. The molecule has 0 saturated carbocycles. The summed E-state index contributed by atoms with van der Waals surface area (Å²) in [6, 6.07) is 0. The number of carbonyl (C=O) groups is 1. The Morgan fingerprint density at radius 2 is 1.86 bits per heavy atom. The number of ether oxygens (including phenoxy) is 1. The normalized spacial score (nSPS) is 19.5. The van der Waals surface area contributed by atoms with Crippen molar-refractivity contribution in [3.05, 3.63) is 0 Å². The molecule has 2 atom stereocenters. The maximum atomic E-state index is 12.4. The first-order valence-corrected chi connectivity index (χ1v) is 8.69. The molecule has 0 bridgehead atoms. The Labute approximate surface area is 135 Å². The molecule has 4 nitrogen and oxygen atoms in total. The summed E-state index contributed by atoms with van der Waals surface area (Å²) in [4.78, 5) is 22.2. The van der Waals surface area contributed by atoms with Crippen molar-refractivity contribution in [2.24, 2.45) is 17.3 Å². The molecule has 0 aromatic carbocycles. The maximum absolute atomic E-state index is 12.4. The molecule has 130 valence electrons. The summed E-state index contributed by atoms with van der Waals surface area (Å²) < 4.78 is 5.57. The fourth-order valence-corrected chi connectivity index (χ4v) is 2.87. The molecule has 0 aromatic rings. The van der Waals surface area contributed by atoms with E-state index in [-0.39, 0.29) is 17.3 Å². The standard InChI is InChI=1S/C18H34O4/c1-7-8-9-15(10-11-18(6)21-22-18)16(19)20-13-14(2)12-17(3,4)5/h14-15H,7-13H2,1-6H3. The van der Waals surface area contributed by atoms with Crippen LogP contribution in [-0.2, 0) is 19.3 Å². The molecule has 0 aromatic heterocycles. The first kappa shape index (κ1) is 19.4. The number of hydrogen-bond donors (Lipinski definition) is 0. The second kappa shape index (κ2) is 8.30. The molecular weight excluding hydrogens is 280 g/mol. The number of esters is 1. The van der Waals surface area contributed by atoms with E-state index in [0.717, 1.165) is 38.5 Å². The Kier molecular flexibility index (Phi) is 7.33. The summed E-state index contributed by atoms with van der Waals surface area (Å²) in [5.41, 5.74) is 0.267. The summed E-state index contributed by atoms with van der Waals surface area (Å²) in [5.74, 6) is -0.169. The molecule has 0 N–H and O–H groups in total. The van der Waals surface area contributed by atoms with Crippen LogP contribution in [-0.4, -0.2) is 18.4 Å². The van der Waals surface area contributed by atoms with Gasteiger partial charge in [0.25, 0.3) is 0 Å². The van der Waals surface area contributed by atoms with Crippen molar-refractivity contribution in [3.8, 4) is 0 Å². The molecule has 0 spiro atoms. The summed E-state index contributed by atoms with van der Waals surface area (Å²) in [7, 11) is 0. The Morgan fingerprint density at radius 1 is 1.23 bits per heavy atom. The van der Waals surface area contributed by atoms with E-state index in [2.05, 4.69) is 34.6 Å². The molecule has 0 amide bonds. The van der Waals surface area contributed by atoms with Gasteiger partial charge in [-0.15, -0.1) is 0 Å². The van der Waals surface area contributed by atoms with Crippen molar-refractivity contribution in [1.82, 2.24) is 0 Å². The third-order valence-electron chi connectivity index (χ3n) is 4.03. The van der Waals surface area contributed by atoms with Gasteiger partial charge in [-0.1, -0.05) is 47.5 Å². The molecule has 0 aliphatic carbocycles. The fraction of sp³-hybridized carbons (Fsp3) is 0.944. The molecule has 2 unspecified atom stereocenters. The predicted octanol–water partition coefficient (Wildman–Crippen LogP) is 4.87. The van der Waals surface area contributed by atoms with Gasteiger partial charge >= 0.3 is 5.97 Å². The van der Waals surface area contributed by atoms with Crippen LogP contribution in [0.2, 0.25) is 0 Å². The molecule has 1 heterocycles. The van der Waals surface area contributed by atoms with Gasteiger partial charge in [0.05, 0.1) is 12.5 Å². The zero-order chi connectivity index (χ0) is 16.8. The van der Waals surface area contributed by atoms with Gasteiger partial charge in [-0.25, -0.2) is 0 Å². The zero-order valence-corrected chi connectivity index (χ0v) is 15.2. The van der Waals surface area contributed by atoms with E-state index in [4.69, 9.17) is 14.5 Å². The van der Waals surface area contributed by atoms with E-state index in [1.165, 1.54) is 0 Å². The van der Waals surface area contributed by atoms with Crippen molar-refractivity contribution in [1.29, 1.82) is 0 Å². The number of unbranched alkanes of at least 4 members (excludes halogenated alkanes) is 1.